The van der Waals surface area contributed by atoms with Crippen molar-refractivity contribution in [3.63, 3.8) is 0 Å². The maximum absolute atomic E-state index is 10.6. The van der Waals surface area contributed by atoms with Crippen molar-refractivity contribution in [1.82, 2.24) is 5.48 Å². The molecule has 0 aliphatic heterocycles. The predicted molar refractivity (Wildman–Crippen MR) is 38.7 cm³/mol. The second-order valence-corrected chi connectivity index (χ2v) is 2.14. The van der Waals surface area contributed by atoms with Crippen LogP contribution in [0.2, 0.25) is 0 Å². The number of nitrogens with two attached hydrogens (primary N) is 1. The van der Waals surface area contributed by atoms with Gasteiger partial charge in [-0.2, -0.15) is 5.48 Å². The van der Waals surface area contributed by atoms with Crippen LogP contribution < -0.4 is 11.2 Å². The fraction of sp³-hybridized carbons (Fsp3) is 0.500. The maximum atomic E-state index is 10.6. The van der Waals surface area contributed by atoms with Crippen molar-refractivity contribution in [2.45, 2.75) is 19.8 Å². The van der Waals surface area contributed by atoms with Gasteiger partial charge in [-0.3, -0.25) is 0 Å². The Kier molecular flexibility index (Phi) is 4.43. The molecular formula is C6H10N2O4. The molecule has 0 aromatic rings. The van der Waals surface area contributed by atoms with Gasteiger partial charge in [0.1, 0.15) is 5.78 Å². The van der Waals surface area contributed by atoms with Gasteiger partial charge in [-0.05, 0) is 6.92 Å². The number of carbonyl (C=O) groups is 3. The van der Waals surface area contributed by atoms with Crippen molar-refractivity contribution in [1.29, 1.82) is 0 Å². The minimum absolute atomic E-state index is 0.0599. The van der Waals surface area contributed by atoms with Crippen molar-refractivity contribution >= 4 is 17.8 Å². The zero-order valence-corrected chi connectivity index (χ0v) is 6.62. The summed E-state index contributed by atoms with van der Waals surface area (Å²) in [6.45, 7) is 1.36. The lowest BCUT2D eigenvalue weighted by Gasteiger charge is -2.00. The van der Waals surface area contributed by atoms with Crippen molar-refractivity contribution in [2.75, 3.05) is 0 Å². The Bertz CT molecular complexity index is 182. The highest BCUT2D eigenvalue weighted by Gasteiger charge is 2.05. The number of carbonyl (C=O) groups excluding carboxylic acids is 3. The Morgan fingerprint density at radius 3 is 2.33 bits per heavy atom. The van der Waals surface area contributed by atoms with Gasteiger partial charge in [-0.25, -0.2) is 9.59 Å². The third-order valence-electron chi connectivity index (χ3n) is 0.947. The summed E-state index contributed by atoms with van der Waals surface area (Å²) in [4.78, 5) is 35.1. The van der Waals surface area contributed by atoms with Crippen LogP contribution in [0.5, 0.6) is 0 Å². The van der Waals surface area contributed by atoms with Gasteiger partial charge in [0, 0.05) is 6.42 Å². The third-order valence-corrected chi connectivity index (χ3v) is 0.947. The fourth-order valence-corrected chi connectivity index (χ4v) is 0.436. The van der Waals surface area contributed by atoms with Crippen molar-refractivity contribution in [3.8, 4) is 0 Å². The lowest BCUT2D eigenvalue weighted by atomic mass is 10.2. The van der Waals surface area contributed by atoms with Crippen LogP contribution in [-0.2, 0) is 14.4 Å². The molecule has 68 valence electrons. The zero-order chi connectivity index (χ0) is 9.56. The molecule has 6 nitrogen and oxygen atoms in total. The molecule has 2 amide bonds. The first-order valence-electron chi connectivity index (χ1n) is 3.27. The van der Waals surface area contributed by atoms with E-state index < -0.39 is 12.0 Å². The summed E-state index contributed by atoms with van der Waals surface area (Å²) in [5.74, 6) is -0.810. The van der Waals surface area contributed by atoms with Crippen LogP contribution in [0.1, 0.15) is 19.8 Å². The summed E-state index contributed by atoms with van der Waals surface area (Å²) in [6.07, 6.45) is 0.0366. The van der Waals surface area contributed by atoms with E-state index in [2.05, 4.69) is 10.6 Å². The Morgan fingerprint density at radius 2 is 1.92 bits per heavy atom. The number of primary amides is 1. The van der Waals surface area contributed by atoms with Crippen LogP contribution in [0, 0.1) is 0 Å². The maximum Gasteiger partial charge on any atom is 0.345 e. The first-order chi connectivity index (χ1) is 5.52. The average molecular weight is 174 g/mol. The molecule has 0 spiro atoms. The largest absolute Gasteiger partial charge is 0.349 e. The Morgan fingerprint density at radius 1 is 1.33 bits per heavy atom. The van der Waals surface area contributed by atoms with Gasteiger partial charge < -0.3 is 15.4 Å². The predicted octanol–water partition coefficient (Wildman–Crippen LogP) is -0.518. The summed E-state index contributed by atoms with van der Waals surface area (Å²) >= 11 is 0. The van der Waals surface area contributed by atoms with E-state index in [-0.39, 0.29) is 18.6 Å². The van der Waals surface area contributed by atoms with Gasteiger partial charge >= 0.3 is 12.0 Å². The molecule has 0 bridgehead atoms. The number of rotatable bonds is 3. The van der Waals surface area contributed by atoms with Gasteiger partial charge in [0.25, 0.3) is 0 Å². The minimum atomic E-state index is -0.953. The van der Waals surface area contributed by atoms with Gasteiger partial charge in [-0.1, -0.05) is 0 Å². The SMILES string of the molecule is CC(=O)CCC(=O)ONC(N)=O. The zero-order valence-electron chi connectivity index (χ0n) is 6.62. The topological polar surface area (TPSA) is 98.5 Å². The molecule has 0 saturated heterocycles. The third kappa shape index (κ3) is 6.53. The molecular weight excluding hydrogens is 164 g/mol. The molecule has 0 aliphatic rings. The van der Waals surface area contributed by atoms with E-state index in [0.29, 0.717) is 0 Å². The molecule has 3 N–H and O–H groups in total. The molecule has 6 heteroatoms. The smallest absolute Gasteiger partial charge is 0.345 e. The molecule has 0 heterocycles. The molecule has 0 aromatic heterocycles. The monoisotopic (exact) mass is 174 g/mol. The molecule has 0 unspecified atom stereocenters. The Balaban J connectivity index is 3.47. The molecule has 12 heavy (non-hydrogen) atoms. The lowest BCUT2D eigenvalue weighted by Crippen LogP contribution is -2.31. The number of nitrogens with one attached hydrogen (secondary N) is 1. The molecule has 0 aliphatic carbocycles. The summed E-state index contributed by atoms with van der Waals surface area (Å²) in [5.41, 5.74) is 6.25. The van der Waals surface area contributed by atoms with Crippen LogP contribution in [0.4, 0.5) is 4.79 Å². The van der Waals surface area contributed by atoms with E-state index in [9.17, 15) is 14.4 Å². The molecule has 0 rings (SSSR count). The quantitative estimate of drug-likeness (QED) is 0.562. The van der Waals surface area contributed by atoms with E-state index in [1.54, 1.807) is 5.48 Å². The highest BCUT2D eigenvalue weighted by Crippen LogP contribution is 1.91. The second-order valence-electron chi connectivity index (χ2n) is 2.14. The highest BCUT2D eigenvalue weighted by atomic mass is 16.7. The van der Waals surface area contributed by atoms with Crippen LogP contribution >= 0.6 is 0 Å². The standard InChI is InChI=1S/C6H10N2O4/c1-4(9)2-3-5(10)12-8-6(7)11/h2-3H2,1H3,(H3,7,8,11). The van der Waals surface area contributed by atoms with Crippen LogP contribution in [0.25, 0.3) is 0 Å². The lowest BCUT2D eigenvalue weighted by molar-refractivity contribution is -0.149. The molecule has 0 saturated carbocycles. The molecule has 0 fully saturated rings. The number of urea groups is 1. The van der Waals surface area contributed by atoms with E-state index in [1.165, 1.54) is 6.92 Å². The average Bonchev–Trinajstić information content (AvgIpc) is 1.96. The summed E-state index contributed by atoms with van der Waals surface area (Å²) in [7, 11) is 0. The summed E-state index contributed by atoms with van der Waals surface area (Å²) in [6, 6.07) is -0.953. The van der Waals surface area contributed by atoms with E-state index in [1.807, 2.05) is 0 Å². The Hall–Kier alpha value is -1.59. The van der Waals surface area contributed by atoms with E-state index in [0.717, 1.165) is 0 Å². The van der Waals surface area contributed by atoms with Crippen molar-refractivity contribution in [2.24, 2.45) is 5.73 Å². The molecule has 0 aromatic carbocycles. The van der Waals surface area contributed by atoms with Gasteiger partial charge in [0.15, 0.2) is 0 Å². The fourth-order valence-electron chi connectivity index (χ4n) is 0.436. The summed E-state index contributed by atoms with van der Waals surface area (Å²) < 4.78 is 0. The Labute approximate surface area is 69.0 Å². The van der Waals surface area contributed by atoms with Crippen molar-refractivity contribution in [3.05, 3.63) is 0 Å². The van der Waals surface area contributed by atoms with Crippen LogP contribution in [0.15, 0.2) is 0 Å². The first-order valence-corrected chi connectivity index (χ1v) is 3.27. The minimum Gasteiger partial charge on any atom is -0.349 e. The number of Topliss-reactive ketones (excluding diaryl/α,β-unsaturated/α-hetero) is 1. The number of hydrogen-bond donors (Lipinski definition) is 2. The molecule has 0 atom stereocenters. The first kappa shape index (κ1) is 10.4. The summed E-state index contributed by atoms with van der Waals surface area (Å²) in [5, 5.41) is 0. The number of hydroxylamine groups is 1. The van der Waals surface area contributed by atoms with Gasteiger partial charge in [-0.15, -0.1) is 0 Å². The number of amides is 2. The normalized spacial score (nSPS) is 8.75. The van der Waals surface area contributed by atoms with Gasteiger partial charge in [0.05, 0.1) is 6.42 Å². The number of ketones is 1. The van der Waals surface area contributed by atoms with E-state index in [4.69, 9.17) is 0 Å². The van der Waals surface area contributed by atoms with Gasteiger partial charge in [0.2, 0.25) is 0 Å². The van der Waals surface area contributed by atoms with Crippen molar-refractivity contribution < 1.29 is 19.2 Å². The van der Waals surface area contributed by atoms with Crippen LogP contribution in [0.3, 0.4) is 0 Å². The van der Waals surface area contributed by atoms with E-state index >= 15 is 0 Å². The molecule has 0 radical (unpaired) electrons. The highest BCUT2D eigenvalue weighted by molar-refractivity contribution is 5.81. The number of hydrogen-bond acceptors (Lipinski definition) is 4. The second kappa shape index (κ2) is 5.11. The van der Waals surface area contributed by atoms with Crippen LogP contribution in [-0.4, -0.2) is 17.8 Å².